The average molecular weight is 288 g/mol. The van der Waals surface area contributed by atoms with Crippen molar-refractivity contribution >= 4 is 15.9 Å². The Kier molecular flexibility index (Phi) is 5.42. The highest BCUT2D eigenvalue weighted by atomic mass is 79.9. The van der Waals surface area contributed by atoms with Crippen LogP contribution in [0.4, 0.5) is 4.39 Å². The summed E-state index contributed by atoms with van der Waals surface area (Å²) in [6, 6.07) is 4.85. The van der Waals surface area contributed by atoms with Crippen molar-refractivity contribution in [3.8, 4) is 0 Å². The zero-order valence-corrected chi connectivity index (χ0v) is 11.4. The van der Waals surface area contributed by atoms with E-state index in [0.29, 0.717) is 5.92 Å². The molecule has 0 bridgehead atoms. The summed E-state index contributed by atoms with van der Waals surface area (Å²) < 4.78 is 14.0. The molecule has 16 heavy (non-hydrogen) atoms. The number of hydrogen-bond acceptors (Lipinski definition) is 1. The third kappa shape index (κ3) is 4.22. The Hall–Kier alpha value is -0.410. The van der Waals surface area contributed by atoms with E-state index in [9.17, 15) is 4.39 Å². The van der Waals surface area contributed by atoms with E-state index in [-0.39, 0.29) is 11.9 Å². The zero-order chi connectivity index (χ0) is 12.1. The Balaban J connectivity index is 2.61. The molecule has 2 unspecified atom stereocenters. The molecule has 0 spiro atoms. The third-order valence-corrected chi connectivity index (χ3v) is 3.67. The first-order chi connectivity index (χ1) is 7.52. The fraction of sp³-hybridized carbons (Fsp3) is 0.538. The SMILES string of the molecule is CCC(C)CC(N)Cc1cc(F)ccc1Br. The van der Waals surface area contributed by atoms with Gasteiger partial charge in [-0.2, -0.15) is 0 Å². The van der Waals surface area contributed by atoms with Crippen molar-refractivity contribution in [3.05, 3.63) is 34.1 Å². The summed E-state index contributed by atoms with van der Waals surface area (Å²) >= 11 is 3.42. The second-order valence-electron chi connectivity index (χ2n) is 4.45. The van der Waals surface area contributed by atoms with Crippen LogP contribution in [0.3, 0.4) is 0 Å². The summed E-state index contributed by atoms with van der Waals surface area (Å²) in [6.07, 6.45) is 2.85. The van der Waals surface area contributed by atoms with Crippen LogP contribution in [0.15, 0.2) is 22.7 Å². The van der Waals surface area contributed by atoms with Crippen LogP contribution in [-0.2, 0) is 6.42 Å². The molecule has 0 aliphatic carbocycles. The van der Waals surface area contributed by atoms with Crippen molar-refractivity contribution in [2.75, 3.05) is 0 Å². The molecule has 0 radical (unpaired) electrons. The maximum Gasteiger partial charge on any atom is 0.123 e. The summed E-state index contributed by atoms with van der Waals surface area (Å²) in [5.41, 5.74) is 7.01. The van der Waals surface area contributed by atoms with Crippen LogP contribution in [0.1, 0.15) is 32.3 Å². The molecule has 0 amide bonds. The zero-order valence-electron chi connectivity index (χ0n) is 9.84. The Morgan fingerprint density at radius 1 is 1.44 bits per heavy atom. The first kappa shape index (κ1) is 13.7. The number of rotatable bonds is 5. The molecule has 0 saturated heterocycles. The van der Waals surface area contributed by atoms with Crippen molar-refractivity contribution in [2.24, 2.45) is 11.7 Å². The summed E-state index contributed by atoms with van der Waals surface area (Å²) in [7, 11) is 0. The molecule has 0 saturated carbocycles. The highest BCUT2D eigenvalue weighted by Crippen LogP contribution is 2.21. The van der Waals surface area contributed by atoms with E-state index < -0.39 is 0 Å². The largest absolute Gasteiger partial charge is 0.327 e. The molecule has 3 heteroatoms. The number of nitrogens with two attached hydrogens (primary N) is 1. The van der Waals surface area contributed by atoms with Crippen LogP contribution < -0.4 is 5.73 Å². The van der Waals surface area contributed by atoms with Crippen molar-refractivity contribution < 1.29 is 4.39 Å². The third-order valence-electron chi connectivity index (χ3n) is 2.89. The Bertz CT molecular complexity index is 341. The second kappa shape index (κ2) is 6.36. The van der Waals surface area contributed by atoms with Gasteiger partial charge < -0.3 is 5.73 Å². The molecule has 1 nitrogen and oxygen atoms in total. The Morgan fingerprint density at radius 2 is 2.12 bits per heavy atom. The lowest BCUT2D eigenvalue weighted by atomic mass is 9.95. The fourth-order valence-electron chi connectivity index (χ4n) is 1.75. The molecule has 0 heterocycles. The van der Waals surface area contributed by atoms with E-state index in [0.717, 1.165) is 29.3 Å². The van der Waals surface area contributed by atoms with Gasteiger partial charge in [0.05, 0.1) is 0 Å². The molecule has 2 N–H and O–H groups in total. The molecular formula is C13H19BrFN. The van der Waals surface area contributed by atoms with Gasteiger partial charge in [-0.05, 0) is 42.5 Å². The van der Waals surface area contributed by atoms with Crippen LogP contribution in [0.2, 0.25) is 0 Å². The van der Waals surface area contributed by atoms with Crippen molar-refractivity contribution in [3.63, 3.8) is 0 Å². The highest BCUT2D eigenvalue weighted by molar-refractivity contribution is 9.10. The fourth-order valence-corrected chi connectivity index (χ4v) is 2.16. The van der Waals surface area contributed by atoms with E-state index in [1.165, 1.54) is 6.07 Å². The molecule has 2 atom stereocenters. The van der Waals surface area contributed by atoms with Gasteiger partial charge in [-0.25, -0.2) is 4.39 Å². The topological polar surface area (TPSA) is 26.0 Å². The number of halogens is 2. The standard InChI is InChI=1S/C13H19BrFN/c1-3-9(2)6-12(16)8-10-7-11(15)4-5-13(10)14/h4-5,7,9,12H,3,6,8,16H2,1-2H3. The minimum Gasteiger partial charge on any atom is -0.327 e. The van der Waals surface area contributed by atoms with Crippen LogP contribution >= 0.6 is 15.9 Å². The number of benzene rings is 1. The molecular weight excluding hydrogens is 269 g/mol. The van der Waals surface area contributed by atoms with Gasteiger partial charge in [-0.3, -0.25) is 0 Å². The monoisotopic (exact) mass is 287 g/mol. The summed E-state index contributed by atoms with van der Waals surface area (Å²) in [6.45, 7) is 4.36. The molecule has 1 rings (SSSR count). The summed E-state index contributed by atoms with van der Waals surface area (Å²) in [5.74, 6) is 0.427. The molecule has 90 valence electrons. The Labute approximate surface area is 105 Å². The maximum atomic E-state index is 13.1. The first-order valence-corrected chi connectivity index (χ1v) is 6.51. The van der Waals surface area contributed by atoms with E-state index in [4.69, 9.17) is 5.73 Å². The second-order valence-corrected chi connectivity index (χ2v) is 5.30. The predicted molar refractivity (Wildman–Crippen MR) is 69.9 cm³/mol. The molecule has 0 aliphatic heterocycles. The predicted octanol–water partition coefficient (Wildman–Crippen LogP) is 3.89. The van der Waals surface area contributed by atoms with Crippen molar-refractivity contribution in [1.29, 1.82) is 0 Å². The molecule has 0 fully saturated rings. The van der Waals surface area contributed by atoms with Gasteiger partial charge in [0.25, 0.3) is 0 Å². The van der Waals surface area contributed by atoms with E-state index in [1.807, 2.05) is 0 Å². The van der Waals surface area contributed by atoms with Gasteiger partial charge in [0.1, 0.15) is 5.82 Å². The van der Waals surface area contributed by atoms with Crippen LogP contribution in [0, 0.1) is 11.7 Å². The van der Waals surface area contributed by atoms with Gasteiger partial charge in [-0.15, -0.1) is 0 Å². The smallest absolute Gasteiger partial charge is 0.123 e. The minimum atomic E-state index is -0.200. The minimum absolute atomic E-state index is 0.105. The van der Waals surface area contributed by atoms with Gasteiger partial charge in [0.15, 0.2) is 0 Å². The lowest BCUT2D eigenvalue weighted by Crippen LogP contribution is -2.25. The maximum absolute atomic E-state index is 13.1. The summed E-state index contributed by atoms with van der Waals surface area (Å²) in [4.78, 5) is 0. The van der Waals surface area contributed by atoms with Gasteiger partial charge in [0, 0.05) is 10.5 Å². The van der Waals surface area contributed by atoms with Crippen molar-refractivity contribution in [1.82, 2.24) is 0 Å². The van der Waals surface area contributed by atoms with E-state index in [1.54, 1.807) is 12.1 Å². The first-order valence-electron chi connectivity index (χ1n) is 5.72. The van der Waals surface area contributed by atoms with Crippen molar-refractivity contribution in [2.45, 2.75) is 39.2 Å². The number of hydrogen-bond donors (Lipinski definition) is 1. The lowest BCUT2D eigenvalue weighted by Gasteiger charge is -2.16. The molecule has 0 aliphatic rings. The normalized spacial score (nSPS) is 14.8. The average Bonchev–Trinajstić information content (AvgIpc) is 2.23. The van der Waals surface area contributed by atoms with Crippen LogP contribution in [0.5, 0.6) is 0 Å². The molecule has 1 aromatic carbocycles. The van der Waals surface area contributed by atoms with Gasteiger partial charge in [-0.1, -0.05) is 36.2 Å². The molecule has 0 aromatic heterocycles. The van der Waals surface area contributed by atoms with E-state index in [2.05, 4.69) is 29.8 Å². The quantitative estimate of drug-likeness (QED) is 0.874. The van der Waals surface area contributed by atoms with Crippen LogP contribution in [0.25, 0.3) is 0 Å². The summed E-state index contributed by atoms with van der Waals surface area (Å²) in [5, 5.41) is 0. The van der Waals surface area contributed by atoms with Gasteiger partial charge >= 0.3 is 0 Å². The molecule has 1 aromatic rings. The lowest BCUT2D eigenvalue weighted by molar-refractivity contribution is 0.449. The van der Waals surface area contributed by atoms with Gasteiger partial charge in [0.2, 0.25) is 0 Å². The highest BCUT2D eigenvalue weighted by Gasteiger charge is 2.11. The Morgan fingerprint density at radius 3 is 2.75 bits per heavy atom. The van der Waals surface area contributed by atoms with E-state index >= 15 is 0 Å². The van der Waals surface area contributed by atoms with Crippen LogP contribution in [-0.4, -0.2) is 6.04 Å².